The Morgan fingerprint density at radius 2 is 1.92 bits per heavy atom. The Balaban J connectivity index is 1.27. The molecule has 0 unspecified atom stereocenters. The van der Waals surface area contributed by atoms with E-state index in [4.69, 9.17) is 14.5 Å². The number of likely N-dealkylation sites (tertiary alicyclic amines) is 1. The number of hydrogen-bond donors (Lipinski definition) is 1. The first-order valence-corrected chi connectivity index (χ1v) is 14.4. The highest BCUT2D eigenvalue weighted by Crippen LogP contribution is 2.28. The van der Waals surface area contributed by atoms with Crippen LogP contribution in [0.3, 0.4) is 0 Å². The lowest BCUT2D eigenvalue weighted by Gasteiger charge is -2.32. The Morgan fingerprint density at radius 1 is 1.13 bits per heavy atom. The number of aliphatic hydroxyl groups excluding tert-OH is 1. The molecule has 2 aromatic heterocycles. The van der Waals surface area contributed by atoms with Crippen LogP contribution in [-0.2, 0) is 14.8 Å². The van der Waals surface area contributed by atoms with E-state index in [0.29, 0.717) is 55.3 Å². The summed E-state index contributed by atoms with van der Waals surface area (Å²) < 4.78 is 39.4. The third-order valence-electron chi connectivity index (χ3n) is 6.92. The molecule has 0 aliphatic carbocycles. The highest BCUT2D eigenvalue weighted by atomic mass is 32.2. The summed E-state index contributed by atoms with van der Waals surface area (Å²) in [6.07, 6.45) is 3.09. The fraction of sp³-hybridized carbons (Fsp3) is 0.500. The van der Waals surface area contributed by atoms with E-state index in [0.717, 1.165) is 17.8 Å². The molecule has 4 heterocycles. The molecule has 2 fully saturated rings. The number of aliphatic hydroxyl groups is 1. The molecule has 2 aliphatic heterocycles. The van der Waals surface area contributed by atoms with E-state index in [2.05, 4.69) is 9.97 Å². The summed E-state index contributed by atoms with van der Waals surface area (Å²) in [6.45, 7) is 2.60. The number of ether oxygens (including phenoxy) is 2. The topological polar surface area (TPSA) is 121 Å². The van der Waals surface area contributed by atoms with Gasteiger partial charge in [0.25, 0.3) is 0 Å². The zero-order valence-electron chi connectivity index (χ0n) is 21.7. The lowest BCUT2D eigenvalue weighted by atomic mass is 10.1. The number of aromatic nitrogens is 3. The molecule has 0 bridgehead atoms. The average Bonchev–Trinajstić information content (AvgIpc) is 3.35. The SMILES string of the molecule is CN(C)c1ccc(-c2cc3nccnc3c(OC[C@@H]3CN(S(=O)(=O)CCN4CC[C@H](O)C4)CCO3)n2)cc1. The van der Waals surface area contributed by atoms with Crippen LogP contribution in [-0.4, -0.2) is 116 Å². The van der Waals surface area contributed by atoms with Gasteiger partial charge in [-0.1, -0.05) is 12.1 Å². The van der Waals surface area contributed by atoms with Gasteiger partial charge in [-0.25, -0.2) is 18.4 Å². The molecule has 0 spiro atoms. The van der Waals surface area contributed by atoms with Gasteiger partial charge >= 0.3 is 0 Å². The van der Waals surface area contributed by atoms with Crippen molar-refractivity contribution in [2.24, 2.45) is 0 Å². The molecule has 38 heavy (non-hydrogen) atoms. The van der Waals surface area contributed by atoms with Gasteiger partial charge in [0.15, 0.2) is 5.52 Å². The van der Waals surface area contributed by atoms with Crippen LogP contribution in [0.2, 0.25) is 0 Å². The van der Waals surface area contributed by atoms with Crippen LogP contribution in [0.1, 0.15) is 6.42 Å². The minimum atomic E-state index is -3.46. The number of rotatable bonds is 9. The largest absolute Gasteiger partial charge is 0.473 e. The highest BCUT2D eigenvalue weighted by molar-refractivity contribution is 7.89. The lowest BCUT2D eigenvalue weighted by Crippen LogP contribution is -2.49. The van der Waals surface area contributed by atoms with Crippen molar-refractivity contribution in [3.8, 4) is 17.1 Å². The van der Waals surface area contributed by atoms with Gasteiger partial charge < -0.3 is 19.5 Å². The van der Waals surface area contributed by atoms with E-state index in [1.165, 1.54) is 4.31 Å². The van der Waals surface area contributed by atoms with Gasteiger partial charge in [0.05, 0.1) is 29.7 Å². The van der Waals surface area contributed by atoms with E-state index in [9.17, 15) is 13.5 Å². The van der Waals surface area contributed by atoms with E-state index >= 15 is 0 Å². The van der Waals surface area contributed by atoms with Crippen molar-refractivity contribution >= 4 is 26.7 Å². The van der Waals surface area contributed by atoms with Crippen molar-refractivity contribution in [2.45, 2.75) is 18.6 Å². The van der Waals surface area contributed by atoms with Crippen LogP contribution in [0.25, 0.3) is 22.3 Å². The third kappa shape index (κ3) is 6.21. The van der Waals surface area contributed by atoms with Gasteiger partial charge in [0.2, 0.25) is 15.9 Å². The van der Waals surface area contributed by atoms with E-state index < -0.39 is 16.1 Å². The van der Waals surface area contributed by atoms with Crippen molar-refractivity contribution in [3.05, 3.63) is 42.7 Å². The Morgan fingerprint density at radius 3 is 2.66 bits per heavy atom. The number of sulfonamides is 1. The smallest absolute Gasteiger partial charge is 0.242 e. The number of β-amino-alcohol motifs (C(OH)–C–C–N with tert-alkyl or cyclic N) is 1. The molecule has 5 rings (SSSR count). The molecule has 12 heteroatoms. The van der Waals surface area contributed by atoms with E-state index in [1.54, 1.807) is 12.4 Å². The minimum Gasteiger partial charge on any atom is -0.473 e. The molecule has 0 amide bonds. The minimum absolute atomic E-state index is 0.0176. The third-order valence-corrected chi connectivity index (χ3v) is 8.73. The summed E-state index contributed by atoms with van der Waals surface area (Å²) in [4.78, 5) is 17.6. The Kier molecular flexibility index (Phi) is 8.05. The zero-order chi connectivity index (χ0) is 26.7. The second kappa shape index (κ2) is 11.5. The number of morpholine rings is 1. The highest BCUT2D eigenvalue weighted by Gasteiger charge is 2.31. The Labute approximate surface area is 223 Å². The Bertz CT molecular complexity index is 1350. The maximum absolute atomic E-state index is 13.0. The summed E-state index contributed by atoms with van der Waals surface area (Å²) in [5.74, 6) is 0.350. The second-order valence-corrected chi connectivity index (χ2v) is 12.0. The molecule has 0 radical (unpaired) electrons. The van der Waals surface area contributed by atoms with Gasteiger partial charge in [-0.05, 0) is 24.6 Å². The molecular weight excluding hydrogens is 508 g/mol. The standard InChI is InChI=1S/C26H34N6O5S/c1-30(2)20-5-3-19(4-6-20)23-15-24-25(28-9-8-27-24)26(29-23)37-18-22-17-32(11-13-36-22)38(34,35)14-12-31-10-7-21(33)16-31/h3-6,8-9,15,21-22,33H,7,10-14,16-18H2,1-2H3/t21-,22-/m0/s1. The van der Waals surface area contributed by atoms with Gasteiger partial charge in [0, 0.05) is 70.5 Å². The van der Waals surface area contributed by atoms with Crippen LogP contribution in [0, 0.1) is 0 Å². The van der Waals surface area contributed by atoms with Gasteiger partial charge in [-0.2, -0.15) is 4.31 Å². The summed E-state index contributed by atoms with van der Waals surface area (Å²) in [6, 6.07) is 9.92. The molecule has 11 nitrogen and oxygen atoms in total. The molecule has 3 aromatic rings. The summed E-state index contributed by atoms with van der Waals surface area (Å²) in [5, 5.41) is 9.70. The van der Waals surface area contributed by atoms with Crippen molar-refractivity contribution < 1.29 is 23.0 Å². The van der Waals surface area contributed by atoms with Gasteiger partial charge in [-0.15, -0.1) is 0 Å². The number of nitrogens with zero attached hydrogens (tertiary/aromatic N) is 6. The van der Waals surface area contributed by atoms with Crippen molar-refractivity contribution in [1.82, 2.24) is 24.2 Å². The number of benzene rings is 1. The molecule has 1 N–H and O–H groups in total. The fourth-order valence-electron chi connectivity index (χ4n) is 4.73. The summed E-state index contributed by atoms with van der Waals surface area (Å²) in [5.41, 5.74) is 3.90. The zero-order valence-corrected chi connectivity index (χ0v) is 22.5. The quantitative estimate of drug-likeness (QED) is 0.423. The fourth-order valence-corrected chi connectivity index (χ4v) is 6.22. The molecule has 1 aromatic carbocycles. The molecule has 204 valence electrons. The van der Waals surface area contributed by atoms with Crippen LogP contribution in [0.5, 0.6) is 5.88 Å². The second-order valence-electron chi connectivity index (χ2n) is 9.90. The maximum atomic E-state index is 13.0. The molecular formula is C26H34N6O5S. The molecule has 0 saturated carbocycles. The first-order valence-electron chi connectivity index (χ1n) is 12.8. The van der Waals surface area contributed by atoms with Crippen LogP contribution in [0.4, 0.5) is 5.69 Å². The first kappa shape index (κ1) is 26.7. The summed E-state index contributed by atoms with van der Waals surface area (Å²) in [7, 11) is 0.521. The molecule has 2 atom stereocenters. The monoisotopic (exact) mass is 542 g/mol. The molecule has 2 aliphatic rings. The maximum Gasteiger partial charge on any atom is 0.242 e. The Hall–Kier alpha value is -2.90. The van der Waals surface area contributed by atoms with Crippen LogP contribution in [0.15, 0.2) is 42.7 Å². The van der Waals surface area contributed by atoms with Crippen molar-refractivity contribution in [1.29, 1.82) is 0 Å². The normalized spacial score (nSPS) is 21.1. The number of hydrogen-bond acceptors (Lipinski definition) is 10. The first-order chi connectivity index (χ1) is 18.3. The van der Waals surface area contributed by atoms with E-state index in [1.807, 2.05) is 54.2 Å². The van der Waals surface area contributed by atoms with Gasteiger partial charge in [0.1, 0.15) is 12.7 Å². The molecule has 2 saturated heterocycles. The van der Waals surface area contributed by atoms with E-state index in [-0.39, 0.29) is 25.0 Å². The summed E-state index contributed by atoms with van der Waals surface area (Å²) >= 11 is 0. The average molecular weight is 543 g/mol. The number of anilines is 1. The van der Waals surface area contributed by atoms with Crippen molar-refractivity contribution in [3.63, 3.8) is 0 Å². The number of fused-ring (bicyclic) bond motifs is 1. The van der Waals surface area contributed by atoms with Crippen LogP contribution < -0.4 is 9.64 Å². The van der Waals surface area contributed by atoms with Crippen molar-refractivity contribution in [2.75, 3.05) is 70.7 Å². The van der Waals surface area contributed by atoms with Gasteiger partial charge in [-0.3, -0.25) is 9.88 Å². The lowest BCUT2D eigenvalue weighted by molar-refractivity contribution is -0.0254. The van der Waals surface area contributed by atoms with Crippen LogP contribution >= 0.6 is 0 Å². The predicted molar refractivity (Wildman–Crippen MR) is 145 cm³/mol. The number of pyridine rings is 1. The predicted octanol–water partition coefficient (Wildman–Crippen LogP) is 1.23.